The number of likely N-dealkylation sites (tertiary alicyclic amines) is 1. The molecule has 0 amide bonds. The van der Waals surface area contributed by atoms with Gasteiger partial charge in [-0.1, -0.05) is 19.8 Å². The summed E-state index contributed by atoms with van der Waals surface area (Å²) in [6.45, 7) is 7.72. The van der Waals surface area contributed by atoms with Gasteiger partial charge < -0.3 is 10.2 Å². The number of nitrogens with zero attached hydrogens (tertiary/aromatic N) is 1. The fraction of sp³-hybridized carbons (Fsp3) is 1.00. The molecule has 1 aliphatic heterocycles. The van der Waals surface area contributed by atoms with Crippen LogP contribution in [-0.2, 0) is 0 Å². The molecule has 0 aromatic carbocycles. The van der Waals surface area contributed by atoms with Crippen LogP contribution in [-0.4, -0.2) is 37.1 Å². The van der Waals surface area contributed by atoms with Gasteiger partial charge in [0.05, 0.1) is 0 Å². The average Bonchev–Trinajstić information content (AvgIpc) is 3.18. The summed E-state index contributed by atoms with van der Waals surface area (Å²) in [4.78, 5) is 2.70. The normalized spacial score (nSPS) is 44.1. The van der Waals surface area contributed by atoms with Crippen LogP contribution in [0.3, 0.4) is 0 Å². The molecule has 4 aliphatic rings. The lowest BCUT2D eigenvalue weighted by molar-refractivity contribution is 0.180. The molecular weight excluding hydrogens is 256 g/mol. The van der Waals surface area contributed by atoms with Gasteiger partial charge in [0.1, 0.15) is 0 Å². The number of fused-ring (bicyclic) bond motifs is 5. The third kappa shape index (κ3) is 2.91. The Morgan fingerprint density at radius 2 is 1.76 bits per heavy atom. The predicted molar refractivity (Wildman–Crippen MR) is 88.3 cm³/mol. The fourth-order valence-corrected chi connectivity index (χ4v) is 6.30. The molecule has 0 aromatic heterocycles. The summed E-state index contributed by atoms with van der Waals surface area (Å²) >= 11 is 0. The molecule has 2 heteroatoms. The van der Waals surface area contributed by atoms with Gasteiger partial charge in [-0.25, -0.2) is 0 Å². The van der Waals surface area contributed by atoms with Gasteiger partial charge in [-0.15, -0.1) is 0 Å². The topological polar surface area (TPSA) is 15.3 Å². The van der Waals surface area contributed by atoms with Gasteiger partial charge in [-0.3, -0.25) is 0 Å². The van der Waals surface area contributed by atoms with Crippen LogP contribution in [0.1, 0.15) is 58.3 Å². The quantitative estimate of drug-likeness (QED) is 0.833. The molecule has 6 unspecified atom stereocenters. The van der Waals surface area contributed by atoms with Crippen LogP contribution in [0.25, 0.3) is 0 Å². The van der Waals surface area contributed by atoms with Crippen LogP contribution in [0, 0.1) is 29.6 Å². The van der Waals surface area contributed by atoms with E-state index in [9.17, 15) is 0 Å². The fourth-order valence-electron chi connectivity index (χ4n) is 6.30. The Hall–Kier alpha value is -0.0800. The Morgan fingerprint density at radius 1 is 0.952 bits per heavy atom. The summed E-state index contributed by atoms with van der Waals surface area (Å²) in [6.07, 6.45) is 12.0. The van der Waals surface area contributed by atoms with Gasteiger partial charge in [0.2, 0.25) is 0 Å². The zero-order valence-corrected chi connectivity index (χ0v) is 13.9. The molecule has 4 fully saturated rings. The number of hydrogen-bond acceptors (Lipinski definition) is 2. The van der Waals surface area contributed by atoms with E-state index in [1.807, 2.05) is 0 Å². The maximum atomic E-state index is 3.99. The second kappa shape index (κ2) is 6.20. The van der Waals surface area contributed by atoms with Crippen molar-refractivity contribution in [1.29, 1.82) is 0 Å². The third-order valence-electron chi connectivity index (χ3n) is 7.18. The Morgan fingerprint density at radius 3 is 2.62 bits per heavy atom. The maximum absolute atomic E-state index is 3.99. The van der Waals surface area contributed by atoms with Crippen LogP contribution in [0.2, 0.25) is 0 Å². The van der Waals surface area contributed by atoms with Crippen LogP contribution in [0.15, 0.2) is 0 Å². The first-order valence-corrected chi connectivity index (χ1v) is 9.77. The van der Waals surface area contributed by atoms with Crippen LogP contribution in [0.5, 0.6) is 0 Å². The standard InChI is InChI=1S/C19H34N2/c1-14(13-21-8-3-2-4-9-21)12-20-19-11-15-10-18(19)17-7-5-6-16(15)17/h14-20H,2-13H2,1H3. The minimum Gasteiger partial charge on any atom is -0.313 e. The van der Waals surface area contributed by atoms with Crippen LogP contribution >= 0.6 is 0 Å². The molecule has 0 aromatic rings. The van der Waals surface area contributed by atoms with E-state index in [0.717, 1.165) is 35.6 Å². The van der Waals surface area contributed by atoms with E-state index in [2.05, 4.69) is 17.1 Å². The molecule has 21 heavy (non-hydrogen) atoms. The van der Waals surface area contributed by atoms with Crippen molar-refractivity contribution in [3.05, 3.63) is 0 Å². The molecule has 2 nitrogen and oxygen atoms in total. The summed E-state index contributed by atoms with van der Waals surface area (Å²) < 4.78 is 0. The molecule has 1 heterocycles. The van der Waals surface area contributed by atoms with Gasteiger partial charge in [-0.05, 0) is 87.7 Å². The van der Waals surface area contributed by atoms with Gasteiger partial charge in [0.25, 0.3) is 0 Å². The lowest BCUT2D eigenvalue weighted by Gasteiger charge is -2.34. The molecule has 1 saturated heterocycles. The van der Waals surface area contributed by atoms with Crippen molar-refractivity contribution in [2.45, 2.75) is 64.3 Å². The summed E-state index contributed by atoms with van der Waals surface area (Å²) in [5.74, 6) is 5.21. The molecule has 1 N–H and O–H groups in total. The van der Waals surface area contributed by atoms with E-state index in [-0.39, 0.29) is 0 Å². The van der Waals surface area contributed by atoms with E-state index >= 15 is 0 Å². The molecule has 2 bridgehead atoms. The molecule has 3 aliphatic carbocycles. The van der Waals surface area contributed by atoms with Gasteiger partial charge in [0, 0.05) is 12.6 Å². The van der Waals surface area contributed by atoms with Crippen molar-refractivity contribution >= 4 is 0 Å². The molecule has 120 valence electrons. The van der Waals surface area contributed by atoms with Crippen molar-refractivity contribution in [3.8, 4) is 0 Å². The van der Waals surface area contributed by atoms with E-state index in [1.54, 1.807) is 19.3 Å². The monoisotopic (exact) mass is 290 g/mol. The van der Waals surface area contributed by atoms with Crippen LogP contribution < -0.4 is 5.32 Å². The van der Waals surface area contributed by atoms with Gasteiger partial charge in [0.15, 0.2) is 0 Å². The first-order chi connectivity index (χ1) is 10.3. The van der Waals surface area contributed by atoms with E-state index in [4.69, 9.17) is 0 Å². The summed E-state index contributed by atoms with van der Waals surface area (Å²) in [7, 11) is 0. The Labute approximate surface area is 131 Å². The second-order valence-corrected chi connectivity index (χ2v) is 8.64. The minimum atomic E-state index is 0.821. The van der Waals surface area contributed by atoms with Crippen molar-refractivity contribution in [2.24, 2.45) is 29.6 Å². The zero-order valence-electron chi connectivity index (χ0n) is 13.9. The number of rotatable bonds is 5. The average molecular weight is 290 g/mol. The summed E-state index contributed by atoms with van der Waals surface area (Å²) in [5, 5.41) is 3.99. The van der Waals surface area contributed by atoms with E-state index in [1.165, 1.54) is 58.3 Å². The van der Waals surface area contributed by atoms with Crippen molar-refractivity contribution in [2.75, 3.05) is 26.2 Å². The Kier molecular flexibility index (Phi) is 4.28. The first kappa shape index (κ1) is 14.5. The predicted octanol–water partition coefficient (Wildman–Crippen LogP) is 3.52. The first-order valence-electron chi connectivity index (χ1n) is 9.77. The molecule has 6 atom stereocenters. The SMILES string of the molecule is CC(CNC1CC2CC1C1CCCC21)CN1CCCCC1. The summed E-state index contributed by atoms with van der Waals surface area (Å²) in [6, 6.07) is 0.873. The second-order valence-electron chi connectivity index (χ2n) is 8.64. The van der Waals surface area contributed by atoms with E-state index in [0.29, 0.717) is 0 Å². The third-order valence-corrected chi connectivity index (χ3v) is 7.18. The Bertz CT molecular complexity index is 349. The summed E-state index contributed by atoms with van der Waals surface area (Å²) in [5.41, 5.74) is 0. The highest BCUT2D eigenvalue weighted by Crippen LogP contribution is 2.58. The molecule has 4 rings (SSSR count). The largest absolute Gasteiger partial charge is 0.313 e. The van der Waals surface area contributed by atoms with Gasteiger partial charge in [-0.2, -0.15) is 0 Å². The smallest absolute Gasteiger partial charge is 0.0101 e. The van der Waals surface area contributed by atoms with Crippen LogP contribution in [0.4, 0.5) is 0 Å². The minimum absolute atomic E-state index is 0.821. The number of piperidine rings is 1. The lowest BCUT2D eigenvalue weighted by atomic mass is 9.79. The number of nitrogens with one attached hydrogen (secondary N) is 1. The van der Waals surface area contributed by atoms with Crippen molar-refractivity contribution < 1.29 is 0 Å². The van der Waals surface area contributed by atoms with Gasteiger partial charge >= 0.3 is 0 Å². The highest BCUT2D eigenvalue weighted by molar-refractivity contribution is 5.05. The maximum Gasteiger partial charge on any atom is 0.0101 e. The van der Waals surface area contributed by atoms with E-state index < -0.39 is 0 Å². The van der Waals surface area contributed by atoms with Crippen molar-refractivity contribution in [3.63, 3.8) is 0 Å². The molecular formula is C19H34N2. The lowest BCUT2D eigenvalue weighted by Crippen LogP contribution is -2.43. The molecule has 3 saturated carbocycles. The molecule has 0 spiro atoms. The van der Waals surface area contributed by atoms with Crippen molar-refractivity contribution in [1.82, 2.24) is 10.2 Å². The number of hydrogen-bond donors (Lipinski definition) is 1. The Balaban J connectivity index is 1.22. The molecule has 0 radical (unpaired) electrons. The highest BCUT2D eigenvalue weighted by atomic mass is 15.1. The highest BCUT2D eigenvalue weighted by Gasteiger charge is 2.53. The zero-order chi connectivity index (χ0) is 14.2.